The van der Waals surface area contributed by atoms with E-state index in [1.165, 1.54) is 16.7 Å². The first-order valence-corrected chi connectivity index (χ1v) is 11.5. The Morgan fingerprint density at radius 3 is 1.37 bits per heavy atom. The van der Waals surface area contributed by atoms with Crippen molar-refractivity contribution in [2.24, 2.45) is 0 Å². The van der Waals surface area contributed by atoms with Gasteiger partial charge in [0.15, 0.2) is 6.29 Å². The van der Waals surface area contributed by atoms with Crippen molar-refractivity contribution in [2.75, 3.05) is 20.6 Å². The highest BCUT2D eigenvalue weighted by atomic mass is 16.5. The second kappa shape index (κ2) is 19.9. The number of nitrogens with zero attached hydrogens (tertiary/aromatic N) is 1. The third-order valence-corrected chi connectivity index (χ3v) is 4.66. The molecule has 0 spiro atoms. The molecule has 3 heteroatoms. The fraction of sp³-hybridized carbons (Fsp3) is 0.188. The Balaban J connectivity index is 0.000000446. The molecule has 0 heterocycles. The summed E-state index contributed by atoms with van der Waals surface area (Å²) in [6, 6.07) is 26.4. The van der Waals surface area contributed by atoms with Gasteiger partial charge >= 0.3 is 0 Å². The van der Waals surface area contributed by atoms with Gasteiger partial charge in [0.25, 0.3) is 0 Å². The van der Waals surface area contributed by atoms with E-state index in [1.807, 2.05) is 85.0 Å². The second-order valence-corrected chi connectivity index (χ2v) is 7.65. The molecule has 0 bridgehead atoms. The van der Waals surface area contributed by atoms with E-state index in [2.05, 4.69) is 51.4 Å². The van der Waals surface area contributed by atoms with Crippen LogP contribution in [0.15, 0.2) is 105 Å². The van der Waals surface area contributed by atoms with Gasteiger partial charge in [0.05, 0.1) is 0 Å². The molecule has 3 aromatic rings. The number of benzene rings is 3. The Morgan fingerprint density at radius 2 is 1.09 bits per heavy atom. The third kappa shape index (κ3) is 15.1. The molecule has 0 atom stereocenters. The predicted octanol–water partition coefficient (Wildman–Crippen LogP) is 7.05. The van der Waals surface area contributed by atoms with Crippen LogP contribution >= 0.6 is 0 Å². The molecule has 0 fully saturated rings. The molecule has 0 unspecified atom stereocenters. The average Bonchev–Trinajstić information content (AvgIpc) is 2.89. The molecule has 186 valence electrons. The van der Waals surface area contributed by atoms with Crippen molar-refractivity contribution in [3.05, 3.63) is 133 Å². The number of likely N-dealkylation sites (N-methyl/N-ethyl adjacent to an activating group) is 1. The number of rotatable bonds is 7. The Kier molecular flexibility index (Phi) is 17.9. The van der Waals surface area contributed by atoms with Crippen LogP contribution in [0, 0.1) is 0 Å². The first kappa shape index (κ1) is 31.5. The largest absolute Gasteiger partial charge is 0.367 e. The van der Waals surface area contributed by atoms with Gasteiger partial charge < -0.3 is 15.1 Å². The minimum atomic E-state index is -1.20. The number of hydrogen-bond acceptors (Lipinski definition) is 3. The van der Waals surface area contributed by atoms with Crippen molar-refractivity contribution >= 4 is 24.3 Å². The molecule has 3 nitrogen and oxygen atoms in total. The summed E-state index contributed by atoms with van der Waals surface area (Å²) >= 11 is 0. The Labute approximate surface area is 212 Å². The van der Waals surface area contributed by atoms with E-state index in [1.54, 1.807) is 19.0 Å². The lowest BCUT2D eigenvalue weighted by Gasteiger charge is -2.09. The number of hydrogen-bond donors (Lipinski definition) is 2. The molecule has 0 amide bonds. The molecule has 0 aliphatic rings. The second-order valence-electron chi connectivity index (χ2n) is 7.65. The van der Waals surface area contributed by atoms with Crippen LogP contribution in [0.3, 0.4) is 0 Å². The molecule has 0 aliphatic carbocycles. The maximum atomic E-state index is 8.24. The van der Waals surface area contributed by atoms with Gasteiger partial charge in [-0.3, -0.25) is 0 Å². The van der Waals surface area contributed by atoms with Crippen molar-refractivity contribution in [3.8, 4) is 0 Å². The van der Waals surface area contributed by atoms with Gasteiger partial charge in [0, 0.05) is 6.54 Å². The first-order valence-electron chi connectivity index (χ1n) is 11.5. The molecular formula is C32H41NO2. The Bertz CT molecular complexity index is 958. The standard InChI is InChI=1S/C10H12.C10H10.C8H8.C4H11NO2/c2*1-3-9-7-5-6-8-10(9)4-2;1-2-8-6-4-3-5-7-8;1-5(2)3-4(6)7/h3,5-8H,1,4H2,2H3;3-8H,1-2H2;2-7H,1H2;4,6-7H,3H2,1-2H3. The van der Waals surface area contributed by atoms with E-state index < -0.39 is 6.29 Å². The van der Waals surface area contributed by atoms with Gasteiger partial charge in [-0.1, -0.05) is 136 Å². The summed E-state index contributed by atoms with van der Waals surface area (Å²) in [4.78, 5) is 1.70. The summed E-state index contributed by atoms with van der Waals surface area (Å²) in [7, 11) is 3.55. The maximum Gasteiger partial charge on any atom is 0.164 e. The third-order valence-electron chi connectivity index (χ3n) is 4.66. The zero-order valence-corrected chi connectivity index (χ0v) is 21.5. The average molecular weight is 472 g/mol. The van der Waals surface area contributed by atoms with Gasteiger partial charge in [-0.15, -0.1) is 0 Å². The summed E-state index contributed by atoms with van der Waals surface area (Å²) in [5.41, 5.74) is 6.07. The molecule has 0 radical (unpaired) electrons. The lowest BCUT2D eigenvalue weighted by atomic mass is 10.1. The van der Waals surface area contributed by atoms with Gasteiger partial charge in [-0.25, -0.2) is 0 Å². The fourth-order valence-corrected chi connectivity index (χ4v) is 2.85. The van der Waals surface area contributed by atoms with Gasteiger partial charge in [-0.05, 0) is 48.3 Å². The summed E-state index contributed by atoms with van der Waals surface area (Å²) in [6.07, 6.45) is 7.28. The quantitative estimate of drug-likeness (QED) is 0.363. The van der Waals surface area contributed by atoms with Crippen molar-refractivity contribution in [3.63, 3.8) is 0 Å². The number of aryl methyl sites for hydroxylation is 1. The number of aliphatic hydroxyl groups is 2. The number of aliphatic hydroxyl groups excluding tert-OH is 1. The van der Waals surface area contributed by atoms with Crippen molar-refractivity contribution in [2.45, 2.75) is 19.6 Å². The summed E-state index contributed by atoms with van der Waals surface area (Å²) < 4.78 is 0. The zero-order valence-electron chi connectivity index (χ0n) is 21.5. The van der Waals surface area contributed by atoms with Crippen molar-refractivity contribution in [1.82, 2.24) is 4.90 Å². The lowest BCUT2D eigenvalue weighted by Crippen LogP contribution is -2.24. The molecule has 0 aliphatic heterocycles. The molecule has 35 heavy (non-hydrogen) atoms. The molecule has 0 saturated carbocycles. The molecule has 3 rings (SSSR count). The summed E-state index contributed by atoms with van der Waals surface area (Å²) in [5, 5.41) is 16.5. The van der Waals surface area contributed by atoms with Crippen LogP contribution < -0.4 is 0 Å². The monoisotopic (exact) mass is 471 g/mol. The SMILES string of the molecule is C=Cc1ccccc1.C=Cc1ccccc1C=C.C=Cc1ccccc1CC.CN(C)CC(O)O. The smallest absolute Gasteiger partial charge is 0.164 e. The topological polar surface area (TPSA) is 43.7 Å². The van der Waals surface area contributed by atoms with E-state index in [9.17, 15) is 0 Å². The van der Waals surface area contributed by atoms with Crippen LogP contribution in [-0.2, 0) is 6.42 Å². The maximum absolute atomic E-state index is 8.24. The normalized spacial score (nSPS) is 9.34. The Hall–Kier alpha value is -3.50. The molecule has 3 aromatic carbocycles. The lowest BCUT2D eigenvalue weighted by molar-refractivity contribution is -0.0537. The minimum Gasteiger partial charge on any atom is -0.367 e. The van der Waals surface area contributed by atoms with Gasteiger partial charge in [0.1, 0.15) is 0 Å². The van der Waals surface area contributed by atoms with Crippen LogP contribution in [0.5, 0.6) is 0 Å². The predicted molar refractivity (Wildman–Crippen MR) is 156 cm³/mol. The van der Waals surface area contributed by atoms with E-state index in [0.717, 1.165) is 17.5 Å². The molecular weight excluding hydrogens is 430 g/mol. The van der Waals surface area contributed by atoms with E-state index in [4.69, 9.17) is 10.2 Å². The minimum absolute atomic E-state index is 0.306. The highest BCUT2D eigenvalue weighted by Crippen LogP contribution is 2.10. The van der Waals surface area contributed by atoms with Crippen LogP contribution in [0.2, 0.25) is 0 Å². The summed E-state index contributed by atoms with van der Waals surface area (Å²) in [6.45, 7) is 17.2. The zero-order chi connectivity index (χ0) is 26.5. The van der Waals surface area contributed by atoms with Gasteiger partial charge in [-0.2, -0.15) is 0 Å². The van der Waals surface area contributed by atoms with E-state index in [-0.39, 0.29) is 0 Å². The summed E-state index contributed by atoms with van der Waals surface area (Å²) in [5.74, 6) is 0. The Morgan fingerprint density at radius 1 is 0.657 bits per heavy atom. The van der Waals surface area contributed by atoms with Crippen molar-refractivity contribution in [1.29, 1.82) is 0 Å². The highest BCUT2D eigenvalue weighted by Gasteiger charge is 1.95. The highest BCUT2D eigenvalue weighted by molar-refractivity contribution is 5.63. The molecule has 2 N–H and O–H groups in total. The van der Waals surface area contributed by atoms with Crippen LogP contribution in [0.1, 0.15) is 34.7 Å². The van der Waals surface area contributed by atoms with Crippen LogP contribution in [0.25, 0.3) is 24.3 Å². The van der Waals surface area contributed by atoms with Gasteiger partial charge in [0.2, 0.25) is 0 Å². The van der Waals surface area contributed by atoms with Crippen molar-refractivity contribution < 1.29 is 10.2 Å². The van der Waals surface area contributed by atoms with E-state index >= 15 is 0 Å². The molecule has 0 saturated heterocycles. The first-order chi connectivity index (χ1) is 16.8. The van der Waals surface area contributed by atoms with Crippen LogP contribution in [-0.4, -0.2) is 42.0 Å². The van der Waals surface area contributed by atoms with Crippen LogP contribution in [0.4, 0.5) is 0 Å². The van der Waals surface area contributed by atoms with E-state index in [0.29, 0.717) is 6.54 Å². The fourth-order valence-electron chi connectivity index (χ4n) is 2.85. The molecule has 0 aromatic heterocycles.